The molecule has 1 saturated heterocycles. The summed E-state index contributed by atoms with van der Waals surface area (Å²) in [6.07, 6.45) is -0.0185. The van der Waals surface area contributed by atoms with Gasteiger partial charge in [-0.3, -0.25) is 4.79 Å². The topological polar surface area (TPSA) is 54.7 Å². The van der Waals surface area contributed by atoms with E-state index in [1.54, 1.807) is 0 Å². The number of carboxylic acids is 1. The van der Waals surface area contributed by atoms with E-state index in [2.05, 4.69) is 29.5 Å². The Morgan fingerprint density at radius 2 is 1.90 bits per heavy atom. The molecule has 2 unspecified atom stereocenters. The maximum atomic E-state index is 11.8. The molecule has 6 heteroatoms. The number of aryl methyl sites for hydroxylation is 1. The highest BCUT2D eigenvalue weighted by molar-refractivity contribution is 6.30. The number of nitrogens with zero attached hydrogens (tertiary/aromatic N) is 2. The van der Waals surface area contributed by atoms with E-state index in [1.165, 1.54) is 11.2 Å². The molecule has 1 N–H and O–H groups in total. The number of carboxylic acid groups (broad SMARTS) is 1. The minimum absolute atomic E-state index is 0.0185. The summed E-state index contributed by atoms with van der Waals surface area (Å²) >= 11 is 6.12. The Morgan fingerprint density at radius 1 is 1.21 bits per heavy atom. The molecule has 3 heterocycles. The number of halogens is 1. The van der Waals surface area contributed by atoms with Gasteiger partial charge in [0, 0.05) is 23.2 Å². The van der Waals surface area contributed by atoms with Gasteiger partial charge in [0.1, 0.15) is 0 Å². The van der Waals surface area contributed by atoms with Gasteiger partial charge < -0.3 is 19.3 Å². The van der Waals surface area contributed by atoms with E-state index in [-0.39, 0.29) is 18.5 Å². The van der Waals surface area contributed by atoms with Crippen molar-refractivity contribution in [3.63, 3.8) is 0 Å². The Kier molecular flexibility index (Phi) is 4.16. The number of rotatable bonds is 3. The van der Waals surface area contributed by atoms with Crippen LogP contribution in [0.4, 0.5) is 5.69 Å². The molecular formula is C23H23ClN2O3. The number of aromatic nitrogens is 1. The zero-order valence-electron chi connectivity index (χ0n) is 16.7. The van der Waals surface area contributed by atoms with Gasteiger partial charge in [0.15, 0.2) is 0 Å². The van der Waals surface area contributed by atoms with E-state index in [9.17, 15) is 9.90 Å². The second kappa shape index (κ2) is 6.51. The quantitative estimate of drug-likeness (QED) is 0.685. The minimum atomic E-state index is -0.827. The third-order valence-electron chi connectivity index (χ3n) is 6.50. The zero-order chi connectivity index (χ0) is 20.4. The smallest absolute Gasteiger partial charge is 0.307 e. The molecule has 0 spiro atoms. The van der Waals surface area contributed by atoms with E-state index in [0.717, 1.165) is 33.3 Å². The molecule has 5 rings (SSSR count). The van der Waals surface area contributed by atoms with Gasteiger partial charge in [0.25, 0.3) is 0 Å². The normalized spacial score (nSPS) is 20.3. The van der Waals surface area contributed by atoms with Crippen LogP contribution in [0, 0.1) is 13.8 Å². The lowest BCUT2D eigenvalue weighted by Crippen LogP contribution is -2.42. The second-order valence-corrected chi connectivity index (χ2v) is 8.54. The van der Waals surface area contributed by atoms with E-state index in [1.807, 2.05) is 31.2 Å². The minimum Gasteiger partial charge on any atom is -0.481 e. The molecule has 5 nitrogen and oxygen atoms in total. The molecule has 0 bridgehead atoms. The van der Waals surface area contributed by atoms with Crippen LogP contribution in [-0.4, -0.2) is 41.9 Å². The number of anilines is 1. The molecule has 150 valence electrons. The van der Waals surface area contributed by atoms with Crippen molar-refractivity contribution < 1.29 is 14.6 Å². The summed E-state index contributed by atoms with van der Waals surface area (Å²) in [7, 11) is 2.10. The predicted molar refractivity (Wildman–Crippen MR) is 115 cm³/mol. The van der Waals surface area contributed by atoms with Crippen molar-refractivity contribution in [2.24, 2.45) is 0 Å². The first-order valence-electron chi connectivity index (χ1n) is 9.83. The molecule has 0 saturated carbocycles. The highest BCUT2D eigenvalue weighted by Crippen LogP contribution is 2.48. The van der Waals surface area contributed by atoms with E-state index >= 15 is 0 Å². The summed E-state index contributed by atoms with van der Waals surface area (Å²) in [5.41, 5.74) is 7.35. The fourth-order valence-electron chi connectivity index (χ4n) is 5.25. The van der Waals surface area contributed by atoms with E-state index < -0.39 is 5.97 Å². The average molecular weight is 411 g/mol. The Bertz CT molecular complexity index is 1150. The van der Waals surface area contributed by atoms with Crippen molar-refractivity contribution in [2.45, 2.75) is 32.4 Å². The van der Waals surface area contributed by atoms with Gasteiger partial charge in [-0.25, -0.2) is 0 Å². The van der Waals surface area contributed by atoms with Gasteiger partial charge in [-0.2, -0.15) is 0 Å². The van der Waals surface area contributed by atoms with Crippen LogP contribution in [0.5, 0.6) is 0 Å². The Morgan fingerprint density at radius 3 is 2.59 bits per heavy atom. The molecule has 2 aromatic carbocycles. The lowest BCUT2D eigenvalue weighted by Gasteiger charge is -2.39. The van der Waals surface area contributed by atoms with E-state index in [0.29, 0.717) is 18.2 Å². The van der Waals surface area contributed by atoms with Gasteiger partial charge in [0.2, 0.25) is 0 Å². The SMILES string of the molecule is Cc1c(CC(=O)O)c(-c2ccc(Cl)cc2)c2cc(C)n3c2c1N(C)C1COCC13. The molecular weight excluding hydrogens is 388 g/mol. The summed E-state index contributed by atoms with van der Waals surface area (Å²) in [5.74, 6) is -0.827. The molecule has 3 aromatic rings. The van der Waals surface area contributed by atoms with Crippen LogP contribution in [-0.2, 0) is 16.0 Å². The Labute approximate surface area is 174 Å². The number of ether oxygens (including phenoxy) is 1. The van der Waals surface area contributed by atoms with Gasteiger partial charge >= 0.3 is 5.97 Å². The largest absolute Gasteiger partial charge is 0.481 e. The Balaban J connectivity index is 1.91. The molecule has 0 radical (unpaired) electrons. The molecule has 0 aliphatic carbocycles. The van der Waals surface area contributed by atoms with Crippen LogP contribution in [0.15, 0.2) is 30.3 Å². The highest BCUT2D eigenvalue weighted by Gasteiger charge is 2.41. The third-order valence-corrected chi connectivity index (χ3v) is 6.75. The maximum Gasteiger partial charge on any atom is 0.307 e. The lowest BCUT2D eigenvalue weighted by molar-refractivity contribution is -0.136. The molecule has 1 aromatic heterocycles. The predicted octanol–water partition coefficient (Wildman–Crippen LogP) is 4.60. The van der Waals surface area contributed by atoms with Crippen molar-refractivity contribution >= 4 is 34.2 Å². The summed E-state index contributed by atoms with van der Waals surface area (Å²) in [4.78, 5) is 14.1. The second-order valence-electron chi connectivity index (χ2n) is 8.11. The van der Waals surface area contributed by atoms with Gasteiger partial charge in [-0.05, 0) is 54.3 Å². The first-order chi connectivity index (χ1) is 13.9. The first-order valence-corrected chi connectivity index (χ1v) is 10.2. The number of benzene rings is 2. The van der Waals surface area contributed by atoms with Crippen molar-refractivity contribution in [3.05, 3.63) is 52.2 Å². The third kappa shape index (κ3) is 2.61. The standard InChI is InChI=1S/C23H23ClN2O3/c1-12-8-17-21(14-4-6-15(24)7-5-14)16(9-20(27)28)13(2)22-23(17)26(12)19-11-29-10-18(19)25(22)3/h4-8,18-19H,9-11H2,1-3H3,(H,27,28). The number of hydrogen-bond donors (Lipinski definition) is 1. The molecule has 2 aliphatic heterocycles. The molecule has 29 heavy (non-hydrogen) atoms. The highest BCUT2D eigenvalue weighted by atomic mass is 35.5. The van der Waals surface area contributed by atoms with Crippen LogP contribution >= 0.6 is 11.6 Å². The van der Waals surface area contributed by atoms with Crippen LogP contribution in [0.25, 0.3) is 22.0 Å². The summed E-state index contributed by atoms with van der Waals surface area (Å²) < 4.78 is 8.24. The van der Waals surface area contributed by atoms with Crippen LogP contribution in [0.3, 0.4) is 0 Å². The first kappa shape index (κ1) is 18.5. The van der Waals surface area contributed by atoms with Crippen LogP contribution in [0.2, 0.25) is 5.02 Å². The number of hydrogen-bond acceptors (Lipinski definition) is 3. The number of fused-ring (bicyclic) bond motifs is 2. The molecule has 2 aliphatic rings. The summed E-state index contributed by atoms with van der Waals surface area (Å²) in [6, 6.07) is 10.4. The summed E-state index contributed by atoms with van der Waals surface area (Å²) in [5, 5.41) is 11.4. The van der Waals surface area contributed by atoms with E-state index in [4.69, 9.17) is 16.3 Å². The van der Waals surface area contributed by atoms with Crippen molar-refractivity contribution in [1.82, 2.24) is 4.57 Å². The fraction of sp³-hybridized carbons (Fsp3) is 0.348. The summed E-state index contributed by atoms with van der Waals surface area (Å²) in [6.45, 7) is 5.56. The van der Waals surface area contributed by atoms with Crippen molar-refractivity contribution in [2.75, 3.05) is 25.2 Å². The monoisotopic (exact) mass is 410 g/mol. The van der Waals surface area contributed by atoms with Crippen LogP contribution in [0.1, 0.15) is 22.9 Å². The average Bonchev–Trinajstić information content (AvgIpc) is 3.27. The number of likely N-dealkylation sites (N-methyl/N-ethyl adjacent to an activating group) is 1. The lowest BCUT2D eigenvalue weighted by atomic mass is 9.88. The fourth-order valence-corrected chi connectivity index (χ4v) is 5.37. The number of aliphatic carboxylic acids is 1. The van der Waals surface area contributed by atoms with Crippen molar-refractivity contribution in [3.8, 4) is 11.1 Å². The molecule has 2 atom stereocenters. The molecule has 0 amide bonds. The van der Waals surface area contributed by atoms with Gasteiger partial charge in [-0.15, -0.1) is 0 Å². The van der Waals surface area contributed by atoms with Gasteiger partial charge in [-0.1, -0.05) is 23.7 Å². The van der Waals surface area contributed by atoms with Crippen molar-refractivity contribution in [1.29, 1.82) is 0 Å². The Hall–Kier alpha value is -2.50. The zero-order valence-corrected chi connectivity index (χ0v) is 17.5. The van der Waals surface area contributed by atoms with Crippen LogP contribution < -0.4 is 4.90 Å². The number of carbonyl (C=O) groups is 1. The van der Waals surface area contributed by atoms with Gasteiger partial charge in [0.05, 0.1) is 42.9 Å². The molecule has 1 fully saturated rings. The maximum absolute atomic E-state index is 11.8.